The Hall–Kier alpha value is -1.12. The molecule has 0 heterocycles. The van der Waals surface area contributed by atoms with Crippen LogP contribution in [0, 0.1) is 10.8 Å². The second-order valence-corrected chi connectivity index (χ2v) is 6.91. The summed E-state index contributed by atoms with van der Waals surface area (Å²) in [5.74, 6) is -0.218. The molecule has 1 aliphatic rings. The summed E-state index contributed by atoms with van der Waals surface area (Å²) < 4.78 is 5.17. The second kappa shape index (κ2) is 7.77. The van der Waals surface area contributed by atoms with Gasteiger partial charge in [0.15, 0.2) is 12.4 Å². The summed E-state index contributed by atoms with van der Waals surface area (Å²) >= 11 is 0. The highest BCUT2D eigenvalue weighted by molar-refractivity contribution is 5.89. The normalized spacial score (nSPS) is 23.2. The molecule has 21 heavy (non-hydrogen) atoms. The summed E-state index contributed by atoms with van der Waals surface area (Å²) in [6.07, 6.45) is 10.8. The first kappa shape index (κ1) is 17.9. The van der Waals surface area contributed by atoms with Gasteiger partial charge in [-0.2, -0.15) is 0 Å². The Morgan fingerprint density at radius 1 is 1.10 bits per heavy atom. The summed E-state index contributed by atoms with van der Waals surface area (Å²) in [4.78, 5) is 24.1. The number of carbonyl (C=O) groups is 2. The Morgan fingerprint density at radius 2 is 1.76 bits per heavy atom. The standard InChI is InChI=1S/C18H30O3/c1-5-6-7-8-9-11-16(20)21-14-15(19)18(4)13-10-12-17(18,2)3/h10,12H,5-9,11,13-14H2,1-4H3/t18-/m1/s1. The highest BCUT2D eigenvalue weighted by Gasteiger charge is 2.47. The van der Waals surface area contributed by atoms with Gasteiger partial charge in [0.05, 0.1) is 0 Å². The maximum absolute atomic E-state index is 12.4. The van der Waals surface area contributed by atoms with Crippen LogP contribution in [0.25, 0.3) is 0 Å². The fourth-order valence-corrected chi connectivity index (χ4v) is 2.76. The lowest BCUT2D eigenvalue weighted by Crippen LogP contribution is -2.40. The van der Waals surface area contributed by atoms with Crippen molar-refractivity contribution in [3.8, 4) is 0 Å². The van der Waals surface area contributed by atoms with E-state index < -0.39 is 5.41 Å². The van der Waals surface area contributed by atoms with Crippen LogP contribution in [-0.4, -0.2) is 18.4 Å². The van der Waals surface area contributed by atoms with E-state index >= 15 is 0 Å². The van der Waals surface area contributed by atoms with Crippen molar-refractivity contribution in [2.24, 2.45) is 10.8 Å². The molecule has 1 rings (SSSR count). The van der Waals surface area contributed by atoms with Crippen molar-refractivity contribution in [1.29, 1.82) is 0 Å². The molecule has 0 spiro atoms. The van der Waals surface area contributed by atoms with E-state index in [9.17, 15) is 9.59 Å². The van der Waals surface area contributed by atoms with E-state index in [0.717, 1.165) is 19.3 Å². The molecule has 0 saturated heterocycles. The Balaban J connectivity index is 2.29. The fourth-order valence-electron chi connectivity index (χ4n) is 2.76. The Bertz CT molecular complexity index is 395. The Labute approximate surface area is 129 Å². The number of esters is 1. The lowest BCUT2D eigenvalue weighted by Gasteiger charge is -2.36. The highest BCUT2D eigenvalue weighted by Crippen LogP contribution is 2.48. The quantitative estimate of drug-likeness (QED) is 0.358. The van der Waals surface area contributed by atoms with Gasteiger partial charge in [-0.25, -0.2) is 0 Å². The molecular weight excluding hydrogens is 264 g/mol. The van der Waals surface area contributed by atoms with Gasteiger partial charge in [0, 0.05) is 11.8 Å². The molecule has 120 valence electrons. The first-order valence-corrected chi connectivity index (χ1v) is 8.20. The molecule has 0 unspecified atom stereocenters. The molecular formula is C18H30O3. The maximum atomic E-state index is 12.4. The SMILES string of the molecule is CCCCCCCC(=O)OCC(=O)[C@@]1(C)CC=CC1(C)C. The zero-order valence-electron chi connectivity index (χ0n) is 14.0. The number of ketones is 1. The van der Waals surface area contributed by atoms with E-state index in [2.05, 4.69) is 26.8 Å². The molecule has 0 fully saturated rings. The summed E-state index contributed by atoms with van der Waals surface area (Å²) in [6.45, 7) is 8.16. The van der Waals surface area contributed by atoms with E-state index in [0.29, 0.717) is 6.42 Å². The number of allylic oxidation sites excluding steroid dienone is 2. The third kappa shape index (κ3) is 4.69. The number of Topliss-reactive ketones (excluding diaryl/α,β-unsaturated/α-hetero) is 1. The van der Waals surface area contributed by atoms with Crippen LogP contribution < -0.4 is 0 Å². The lowest BCUT2D eigenvalue weighted by atomic mass is 9.66. The number of ether oxygens (including phenoxy) is 1. The smallest absolute Gasteiger partial charge is 0.306 e. The molecule has 0 radical (unpaired) electrons. The summed E-state index contributed by atoms with van der Waals surface area (Å²) in [6, 6.07) is 0. The van der Waals surface area contributed by atoms with Crippen molar-refractivity contribution >= 4 is 11.8 Å². The van der Waals surface area contributed by atoms with Crippen LogP contribution in [0.5, 0.6) is 0 Å². The van der Waals surface area contributed by atoms with Gasteiger partial charge in [0.1, 0.15) is 0 Å². The van der Waals surface area contributed by atoms with Crippen molar-refractivity contribution in [2.75, 3.05) is 6.61 Å². The maximum Gasteiger partial charge on any atom is 0.306 e. The molecule has 0 amide bonds. The third-order valence-corrected chi connectivity index (χ3v) is 4.95. The Morgan fingerprint density at radius 3 is 2.33 bits per heavy atom. The molecule has 1 atom stereocenters. The molecule has 0 saturated carbocycles. The number of hydrogen-bond acceptors (Lipinski definition) is 3. The van der Waals surface area contributed by atoms with E-state index in [-0.39, 0.29) is 23.8 Å². The average molecular weight is 294 g/mol. The zero-order valence-corrected chi connectivity index (χ0v) is 14.0. The molecule has 0 bridgehead atoms. The number of hydrogen-bond donors (Lipinski definition) is 0. The predicted octanol–water partition coefficient (Wildman–Crippen LogP) is 4.45. The van der Waals surface area contributed by atoms with Crippen LogP contribution in [0.15, 0.2) is 12.2 Å². The van der Waals surface area contributed by atoms with Crippen LogP contribution in [0.2, 0.25) is 0 Å². The van der Waals surface area contributed by atoms with Crippen LogP contribution in [0.1, 0.15) is 72.6 Å². The number of unbranched alkanes of at least 4 members (excludes halogenated alkanes) is 4. The molecule has 0 aromatic carbocycles. The summed E-state index contributed by atoms with van der Waals surface area (Å²) in [7, 11) is 0. The van der Waals surface area contributed by atoms with Gasteiger partial charge >= 0.3 is 5.97 Å². The van der Waals surface area contributed by atoms with Crippen molar-refractivity contribution in [3.05, 3.63) is 12.2 Å². The average Bonchev–Trinajstić information content (AvgIpc) is 2.71. The first-order chi connectivity index (χ1) is 9.83. The summed E-state index contributed by atoms with van der Waals surface area (Å²) in [5, 5.41) is 0. The van der Waals surface area contributed by atoms with Crippen molar-refractivity contribution in [3.63, 3.8) is 0 Å². The topological polar surface area (TPSA) is 43.4 Å². The monoisotopic (exact) mass is 294 g/mol. The van der Waals surface area contributed by atoms with Gasteiger partial charge in [-0.15, -0.1) is 0 Å². The molecule has 3 nitrogen and oxygen atoms in total. The molecule has 0 aliphatic heterocycles. The first-order valence-electron chi connectivity index (χ1n) is 8.20. The number of carbonyl (C=O) groups excluding carboxylic acids is 2. The third-order valence-electron chi connectivity index (χ3n) is 4.95. The van der Waals surface area contributed by atoms with Gasteiger partial charge in [-0.05, 0) is 18.3 Å². The number of rotatable bonds is 9. The van der Waals surface area contributed by atoms with Crippen LogP contribution >= 0.6 is 0 Å². The minimum Gasteiger partial charge on any atom is -0.458 e. The fraction of sp³-hybridized carbons (Fsp3) is 0.778. The largest absolute Gasteiger partial charge is 0.458 e. The van der Waals surface area contributed by atoms with Crippen LogP contribution in [0.4, 0.5) is 0 Å². The molecule has 0 aromatic heterocycles. The van der Waals surface area contributed by atoms with Gasteiger partial charge < -0.3 is 4.74 Å². The molecule has 0 aromatic rings. The minimum absolute atomic E-state index is 0.0248. The van der Waals surface area contributed by atoms with Crippen molar-refractivity contribution in [2.45, 2.75) is 72.6 Å². The van der Waals surface area contributed by atoms with Crippen LogP contribution in [-0.2, 0) is 14.3 Å². The minimum atomic E-state index is -0.450. The van der Waals surface area contributed by atoms with Crippen molar-refractivity contribution in [1.82, 2.24) is 0 Å². The predicted molar refractivity (Wildman–Crippen MR) is 85.0 cm³/mol. The summed E-state index contributed by atoms with van der Waals surface area (Å²) in [5.41, 5.74) is -0.620. The van der Waals surface area contributed by atoms with E-state index in [1.807, 2.05) is 13.0 Å². The van der Waals surface area contributed by atoms with E-state index in [1.165, 1.54) is 19.3 Å². The highest BCUT2D eigenvalue weighted by atomic mass is 16.5. The zero-order chi connectivity index (χ0) is 15.9. The van der Waals surface area contributed by atoms with E-state index in [1.54, 1.807) is 0 Å². The lowest BCUT2D eigenvalue weighted by molar-refractivity contribution is -0.152. The molecule has 0 N–H and O–H groups in total. The van der Waals surface area contributed by atoms with Crippen molar-refractivity contribution < 1.29 is 14.3 Å². The van der Waals surface area contributed by atoms with Gasteiger partial charge in [-0.1, -0.05) is 65.5 Å². The Kier molecular flexibility index (Phi) is 6.63. The molecule has 1 aliphatic carbocycles. The molecule has 3 heteroatoms. The van der Waals surface area contributed by atoms with Gasteiger partial charge in [0.2, 0.25) is 0 Å². The van der Waals surface area contributed by atoms with Gasteiger partial charge in [-0.3, -0.25) is 9.59 Å². The second-order valence-electron chi connectivity index (χ2n) is 6.91. The van der Waals surface area contributed by atoms with E-state index in [4.69, 9.17) is 4.74 Å². The van der Waals surface area contributed by atoms with Gasteiger partial charge in [0.25, 0.3) is 0 Å². The van der Waals surface area contributed by atoms with Crippen LogP contribution in [0.3, 0.4) is 0 Å².